The number of ether oxygens (including phenoxy) is 1. The normalized spacial score (nSPS) is 24.6. The number of thioether (sulfide) groups is 1. The van der Waals surface area contributed by atoms with Gasteiger partial charge in [0.15, 0.2) is 0 Å². The van der Waals surface area contributed by atoms with Crippen molar-refractivity contribution in [2.75, 3.05) is 0 Å². The van der Waals surface area contributed by atoms with E-state index in [1.807, 2.05) is 45.0 Å². The Morgan fingerprint density at radius 3 is 2.48 bits per heavy atom. The van der Waals surface area contributed by atoms with Crippen LogP contribution in [0, 0.1) is 0 Å². The van der Waals surface area contributed by atoms with Crippen LogP contribution < -0.4 is 10.6 Å². The molecule has 0 saturated carbocycles. The maximum Gasteiger partial charge on any atom is 0.408 e. The lowest BCUT2D eigenvalue weighted by atomic mass is 10.1. The summed E-state index contributed by atoms with van der Waals surface area (Å²) in [6, 6.07) is 7.22. The van der Waals surface area contributed by atoms with Gasteiger partial charge < -0.3 is 15.4 Å². The van der Waals surface area contributed by atoms with Crippen molar-refractivity contribution in [1.29, 1.82) is 0 Å². The molecule has 2 amide bonds. The van der Waals surface area contributed by atoms with Gasteiger partial charge in [-0.25, -0.2) is 4.79 Å². The predicted octanol–water partition coefficient (Wildman–Crippen LogP) is 4.45. The average Bonchev–Trinajstić information content (AvgIpc) is 3.07. The summed E-state index contributed by atoms with van der Waals surface area (Å²) in [4.78, 5) is 25.0. The molecule has 2 N–H and O–H groups in total. The molecule has 0 spiro atoms. The molecular weight excluding hydrogens is 407 g/mol. The van der Waals surface area contributed by atoms with E-state index in [0.29, 0.717) is 22.2 Å². The zero-order valence-electron chi connectivity index (χ0n) is 15.3. The fourth-order valence-corrected chi connectivity index (χ4v) is 4.90. The lowest BCUT2D eigenvalue weighted by molar-refractivity contribution is -0.121. The van der Waals surface area contributed by atoms with Crippen molar-refractivity contribution in [2.45, 2.75) is 56.5 Å². The molecule has 1 aliphatic heterocycles. The minimum Gasteiger partial charge on any atom is -0.444 e. The van der Waals surface area contributed by atoms with Gasteiger partial charge in [-0.1, -0.05) is 59.2 Å². The summed E-state index contributed by atoms with van der Waals surface area (Å²) in [6.07, 6.45) is 0.543. The zero-order valence-corrected chi connectivity index (χ0v) is 17.7. The Hall–Kier alpha value is -1.37. The Bertz CT molecular complexity index is 777. The van der Waals surface area contributed by atoms with Crippen LogP contribution in [-0.2, 0) is 16.0 Å². The van der Waals surface area contributed by atoms with E-state index in [1.165, 1.54) is 11.8 Å². The lowest BCUT2D eigenvalue weighted by Crippen LogP contribution is -2.47. The van der Waals surface area contributed by atoms with E-state index in [4.69, 9.17) is 27.9 Å². The summed E-state index contributed by atoms with van der Waals surface area (Å²) in [7, 11) is 0. The largest absolute Gasteiger partial charge is 0.444 e. The number of alkyl carbamates (subject to hydrolysis) is 1. The molecule has 0 radical (unpaired) electrons. The van der Waals surface area contributed by atoms with Gasteiger partial charge in [-0.05, 0) is 38.3 Å². The van der Waals surface area contributed by atoms with Gasteiger partial charge in [0.05, 0.1) is 21.7 Å². The number of hydrogen-bond acceptors (Lipinski definition) is 4. The Labute approximate surface area is 173 Å². The summed E-state index contributed by atoms with van der Waals surface area (Å²) in [6.45, 7) is 5.44. The Morgan fingerprint density at radius 2 is 1.85 bits per heavy atom. The summed E-state index contributed by atoms with van der Waals surface area (Å²) in [5, 5.41) is 6.13. The Balaban J connectivity index is 1.72. The van der Waals surface area contributed by atoms with Crippen LogP contribution in [0.15, 0.2) is 33.7 Å². The Kier molecular flexibility index (Phi) is 5.99. The molecular formula is C19H22Cl2N2O3S. The third kappa shape index (κ3) is 4.92. The van der Waals surface area contributed by atoms with Crippen LogP contribution >= 0.6 is 35.0 Å². The average molecular weight is 429 g/mol. The monoisotopic (exact) mass is 428 g/mol. The molecule has 1 heterocycles. The molecule has 1 aliphatic carbocycles. The first-order valence-electron chi connectivity index (χ1n) is 8.72. The van der Waals surface area contributed by atoms with E-state index < -0.39 is 11.7 Å². The third-order valence-corrected chi connectivity index (χ3v) is 6.51. The number of halogens is 2. The second-order valence-electron chi connectivity index (χ2n) is 7.63. The number of nitrogens with one attached hydrogen (secondary N) is 2. The molecule has 2 aliphatic rings. The van der Waals surface area contributed by atoms with Gasteiger partial charge in [0.25, 0.3) is 0 Å². The molecule has 3 unspecified atom stereocenters. The summed E-state index contributed by atoms with van der Waals surface area (Å²) in [5.74, 6) is -0.136. The number of fused-ring (bicyclic) bond motifs is 1. The van der Waals surface area contributed by atoms with Crippen molar-refractivity contribution in [1.82, 2.24) is 10.6 Å². The van der Waals surface area contributed by atoms with Crippen molar-refractivity contribution in [3.63, 3.8) is 0 Å². The number of benzene rings is 1. The van der Waals surface area contributed by atoms with Crippen molar-refractivity contribution in [3.05, 3.63) is 44.8 Å². The Morgan fingerprint density at radius 1 is 1.15 bits per heavy atom. The first-order chi connectivity index (χ1) is 12.6. The molecule has 0 bridgehead atoms. The summed E-state index contributed by atoms with van der Waals surface area (Å²) in [5.41, 5.74) is 1.49. The molecule has 0 fully saturated rings. The highest BCUT2D eigenvalue weighted by Gasteiger charge is 2.38. The van der Waals surface area contributed by atoms with Crippen LogP contribution in [0.4, 0.5) is 4.79 Å². The van der Waals surface area contributed by atoms with Crippen molar-refractivity contribution < 1.29 is 14.3 Å². The number of amides is 2. The van der Waals surface area contributed by atoms with Gasteiger partial charge in [-0.3, -0.25) is 4.79 Å². The van der Waals surface area contributed by atoms with Crippen molar-refractivity contribution in [3.8, 4) is 0 Å². The smallest absolute Gasteiger partial charge is 0.408 e. The molecule has 8 heteroatoms. The molecule has 27 heavy (non-hydrogen) atoms. The second-order valence-corrected chi connectivity index (χ2v) is 9.90. The molecule has 1 aromatic rings. The van der Waals surface area contributed by atoms with Gasteiger partial charge >= 0.3 is 6.09 Å². The van der Waals surface area contributed by atoms with Crippen molar-refractivity contribution in [2.24, 2.45) is 0 Å². The van der Waals surface area contributed by atoms with Gasteiger partial charge in [0.2, 0.25) is 5.91 Å². The topological polar surface area (TPSA) is 67.4 Å². The molecule has 3 rings (SSSR count). The molecule has 5 nitrogen and oxygen atoms in total. The van der Waals surface area contributed by atoms with E-state index >= 15 is 0 Å². The molecule has 0 saturated heterocycles. The maximum atomic E-state index is 12.7. The van der Waals surface area contributed by atoms with Crippen LogP contribution in [0.3, 0.4) is 0 Å². The predicted molar refractivity (Wildman–Crippen MR) is 109 cm³/mol. The third-order valence-electron chi connectivity index (χ3n) is 4.35. The fourth-order valence-electron chi connectivity index (χ4n) is 3.24. The highest BCUT2D eigenvalue weighted by Crippen LogP contribution is 2.42. The summed E-state index contributed by atoms with van der Waals surface area (Å²) >= 11 is 13.3. The molecule has 1 aromatic carbocycles. The van der Waals surface area contributed by atoms with Crippen LogP contribution in [0.1, 0.15) is 44.4 Å². The van der Waals surface area contributed by atoms with Crippen LogP contribution in [0.2, 0.25) is 0 Å². The number of carbonyl (C=O) groups excluding carboxylic acids is 2. The first kappa shape index (κ1) is 20.4. The van der Waals surface area contributed by atoms with E-state index in [1.54, 1.807) is 0 Å². The lowest BCUT2D eigenvalue weighted by Gasteiger charge is -2.26. The standard InChI is InChI=1S/C19H22Cl2N2O3S/c1-19(2,3)26-18(25)23-15-11-7-5-4-6-10(11)8-13(15)22-17(24)14-9-12(20)16(21)27-14/h4-7,13-15H,8-9H2,1-3H3,(H,22,24)(H,23,25). The van der Waals surface area contributed by atoms with E-state index in [2.05, 4.69) is 10.6 Å². The number of carbonyl (C=O) groups is 2. The number of rotatable bonds is 3. The van der Waals surface area contributed by atoms with Crippen LogP contribution in [0.25, 0.3) is 0 Å². The zero-order chi connectivity index (χ0) is 19.8. The molecule has 0 aromatic heterocycles. The minimum absolute atomic E-state index is 0.136. The molecule has 3 atom stereocenters. The minimum atomic E-state index is -0.597. The van der Waals surface area contributed by atoms with E-state index in [0.717, 1.165) is 11.1 Å². The van der Waals surface area contributed by atoms with Gasteiger partial charge in [0.1, 0.15) is 5.60 Å². The second kappa shape index (κ2) is 7.94. The first-order valence-corrected chi connectivity index (χ1v) is 10.4. The highest BCUT2D eigenvalue weighted by molar-refractivity contribution is 8.06. The van der Waals surface area contributed by atoms with Gasteiger partial charge in [-0.15, -0.1) is 0 Å². The van der Waals surface area contributed by atoms with E-state index in [9.17, 15) is 9.59 Å². The van der Waals surface area contributed by atoms with Gasteiger partial charge in [0, 0.05) is 11.5 Å². The van der Waals surface area contributed by atoms with Gasteiger partial charge in [-0.2, -0.15) is 0 Å². The molecule has 146 valence electrons. The van der Waals surface area contributed by atoms with Crippen LogP contribution in [-0.4, -0.2) is 28.9 Å². The van der Waals surface area contributed by atoms with Crippen molar-refractivity contribution >= 4 is 47.0 Å². The van der Waals surface area contributed by atoms with Crippen LogP contribution in [0.5, 0.6) is 0 Å². The number of hydrogen-bond donors (Lipinski definition) is 2. The highest BCUT2D eigenvalue weighted by atomic mass is 35.5. The SMILES string of the molecule is CC(C)(C)OC(=O)NC1c2ccccc2CC1NC(=O)C1CC(Cl)=C(Cl)S1. The summed E-state index contributed by atoms with van der Waals surface area (Å²) < 4.78 is 5.86. The fraction of sp³-hybridized carbons (Fsp3) is 0.474. The van der Waals surface area contributed by atoms with E-state index in [-0.39, 0.29) is 23.2 Å². The number of allylic oxidation sites excluding steroid dienone is 1. The quantitative estimate of drug-likeness (QED) is 0.745. The maximum absolute atomic E-state index is 12.7.